The molecule has 264 valence electrons. The first-order valence-electron chi connectivity index (χ1n) is 17.8. The van der Waals surface area contributed by atoms with E-state index in [1.807, 2.05) is 31.0 Å². The van der Waals surface area contributed by atoms with Crippen LogP contribution in [0.1, 0.15) is 74.1 Å². The standard InChI is InChI=1S/C40H52N2O6S/c1-4-5-24-42(3)38(43)30-49(44,45)29-26-41(2)25-28-46-33-22-20-32(21-23-33)40-34(31-13-7-6-8-14-31)15-11-16-35-36(40)17-12-18-37(35)48-39-19-9-10-27-47-39/h6-8,12-14,17-18,20-23,39H,4-5,9-11,15-16,19,24-30H2,1-3H3. The number of ether oxygens (including phenoxy) is 3. The lowest BCUT2D eigenvalue weighted by atomic mass is 9.87. The molecule has 3 aromatic rings. The number of carbonyl (C=O) groups is 1. The quantitative estimate of drug-likeness (QED) is 0.162. The van der Waals surface area contributed by atoms with Gasteiger partial charge in [0.2, 0.25) is 5.91 Å². The van der Waals surface area contributed by atoms with Gasteiger partial charge in [0.15, 0.2) is 16.1 Å². The molecule has 0 bridgehead atoms. The molecule has 1 atom stereocenters. The number of benzene rings is 3. The van der Waals surface area contributed by atoms with E-state index in [4.69, 9.17) is 14.2 Å². The number of amides is 1. The molecule has 1 amide bonds. The molecular weight excluding hydrogens is 637 g/mol. The summed E-state index contributed by atoms with van der Waals surface area (Å²) in [5, 5.41) is 0. The summed E-state index contributed by atoms with van der Waals surface area (Å²) in [6.45, 7) is 4.68. The molecular formula is C40H52N2O6S. The summed E-state index contributed by atoms with van der Waals surface area (Å²) in [4.78, 5) is 15.8. The van der Waals surface area contributed by atoms with E-state index in [9.17, 15) is 13.2 Å². The highest BCUT2D eigenvalue weighted by Crippen LogP contribution is 2.43. The molecule has 5 rings (SSSR count). The van der Waals surface area contributed by atoms with Gasteiger partial charge in [-0.25, -0.2) is 8.42 Å². The number of hydrogen-bond acceptors (Lipinski definition) is 7. The lowest BCUT2D eigenvalue weighted by Crippen LogP contribution is -2.36. The van der Waals surface area contributed by atoms with Crippen molar-refractivity contribution in [2.45, 2.75) is 64.6 Å². The minimum Gasteiger partial charge on any atom is -0.492 e. The fourth-order valence-electron chi connectivity index (χ4n) is 6.44. The van der Waals surface area contributed by atoms with E-state index in [-0.39, 0.29) is 18.0 Å². The van der Waals surface area contributed by atoms with Crippen LogP contribution in [0.5, 0.6) is 11.5 Å². The zero-order valence-electron chi connectivity index (χ0n) is 29.4. The second-order valence-electron chi connectivity index (χ2n) is 13.2. The molecule has 8 nitrogen and oxygen atoms in total. The fourth-order valence-corrected chi connectivity index (χ4v) is 7.77. The monoisotopic (exact) mass is 688 g/mol. The van der Waals surface area contributed by atoms with Gasteiger partial charge in [-0.2, -0.15) is 0 Å². The SMILES string of the molecule is CCCCN(C)C(=O)CS(=O)(=O)CCN(C)CCOc1ccc(C2=C(c3ccccc3)CCCc3c(OC4CCCCO4)cccc32)cc1. The second kappa shape index (κ2) is 17.8. The predicted molar refractivity (Wildman–Crippen MR) is 197 cm³/mol. The first kappa shape index (κ1) is 36.6. The maximum atomic E-state index is 12.6. The Morgan fingerprint density at radius 3 is 2.41 bits per heavy atom. The normalized spacial score (nSPS) is 16.6. The van der Waals surface area contributed by atoms with Crippen LogP contribution in [-0.4, -0.2) is 88.9 Å². The lowest BCUT2D eigenvalue weighted by Gasteiger charge is -2.25. The van der Waals surface area contributed by atoms with Crippen LogP contribution in [-0.2, 0) is 25.8 Å². The predicted octanol–water partition coefficient (Wildman–Crippen LogP) is 6.87. The lowest BCUT2D eigenvalue weighted by molar-refractivity contribution is -0.127. The summed E-state index contributed by atoms with van der Waals surface area (Å²) in [6, 6.07) is 25.3. The first-order chi connectivity index (χ1) is 23.7. The molecule has 0 spiro atoms. The van der Waals surface area contributed by atoms with E-state index in [0.29, 0.717) is 26.2 Å². The molecule has 1 aliphatic carbocycles. The highest BCUT2D eigenvalue weighted by atomic mass is 32.2. The summed E-state index contributed by atoms with van der Waals surface area (Å²) >= 11 is 0. The minimum absolute atomic E-state index is 0.0632. The Bertz CT molecular complexity index is 1650. The van der Waals surface area contributed by atoms with Crippen LogP contribution < -0.4 is 9.47 Å². The van der Waals surface area contributed by atoms with E-state index in [1.54, 1.807) is 7.05 Å². The Hall–Kier alpha value is -3.66. The van der Waals surface area contributed by atoms with Crippen molar-refractivity contribution < 1.29 is 27.4 Å². The molecule has 1 saturated heterocycles. The second-order valence-corrected chi connectivity index (χ2v) is 15.4. The Balaban J connectivity index is 1.25. The molecule has 0 N–H and O–H groups in total. The topological polar surface area (TPSA) is 85.4 Å². The number of allylic oxidation sites excluding steroid dienone is 1. The van der Waals surface area contributed by atoms with Gasteiger partial charge in [-0.3, -0.25) is 4.79 Å². The van der Waals surface area contributed by atoms with Gasteiger partial charge < -0.3 is 24.0 Å². The van der Waals surface area contributed by atoms with Gasteiger partial charge in [-0.05, 0) is 91.6 Å². The van der Waals surface area contributed by atoms with Crippen molar-refractivity contribution in [1.82, 2.24) is 9.80 Å². The largest absolute Gasteiger partial charge is 0.492 e. The maximum Gasteiger partial charge on any atom is 0.237 e. The number of fused-ring (bicyclic) bond motifs is 1. The molecule has 9 heteroatoms. The first-order valence-corrected chi connectivity index (χ1v) is 19.6. The summed E-state index contributed by atoms with van der Waals surface area (Å²) in [5.74, 6) is 0.822. The summed E-state index contributed by atoms with van der Waals surface area (Å²) in [6.07, 6.45) is 7.65. The van der Waals surface area contributed by atoms with E-state index in [2.05, 4.69) is 60.7 Å². The maximum absolute atomic E-state index is 12.6. The van der Waals surface area contributed by atoms with Gasteiger partial charge in [0.1, 0.15) is 23.9 Å². The number of nitrogens with zero attached hydrogens (tertiary/aromatic N) is 2. The highest BCUT2D eigenvalue weighted by Gasteiger charge is 2.25. The molecule has 1 heterocycles. The molecule has 49 heavy (non-hydrogen) atoms. The van der Waals surface area contributed by atoms with Crippen LogP contribution in [0.15, 0.2) is 72.8 Å². The van der Waals surface area contributed by atoms with Crippen LogP contribution in [0.4, 0.5) is 0 Å². The number of hydrogen-bond donors (Lipinski definition) is 0. The van der Waals surface area contributed by atoms with Crippen LogP contribution in [0.25, 0.3) is 11.1 Å². The van der Waals surface area contributed by atoms with Gasteiger partial charge >= 0.3 is 0 Å². The van der Waals surface area contributed by atoms with Crippen molar-refractivity contribution in [3.05, 3.63) is 95.1 Å². The molecule has 1 fully saturated rings. The van der Waals surface area contributed by atoms with E-state index in [1.165, 1.54) is 32.7 Å². The zero-order valence-corrected chi connectivity index (χ0v) is 30.2. The molecule has 1 unspecified atom stereocenters. The highest BCUT2D eigenvalue weighted by molar-refractivity contribution is 7.92. The minimum atomic E-state index is -3.49. The van der Waals surface area contributed by atoms with Crippen molar-refractivity contribution in [3.8, 4) is 11.5 Å². The van der Waals surface area contributed by atoms with Crippen molar-refractivity contribution in [2.24, 2.45) is 0 Å². The molecule has 1 aliphatic heterocycles. The molecule has 0 saturated carbocycles. The van der Waals surface area contributed by atoms with E-state index < -0.39 is 15.6 Å². The van der Waals surface area contributed by atoms with Crippen LogP contribution in [0.3, 0.4) is 0 Å². The number of unbranched alkanes of at least 4 members (excludes halogenated alkanes) is 1. The van der Waals surface area contributed by atoms with E-state index >= 15 is 0 Å². The van der Waals surface area contributed by atoms with Crippen molar-refractivity contribution in [3.63, 3.8) is 0 Å². The molecule has 2 aliphatic rings. The van der Waals surface area contributed by atoms with Gasteiger partial charge in [-0.1, -0.05) is 67.9 Å². The van der Waals surface area contributed by atoms with Crippen molar-refractivity contribution in [2.75, 3.05) is 58.4 Å². The number of likely N-dealkylation sites (N-methyl/N-ethyl adjacent to an activating group) is 1. The van der Waals surface area contributed by atoms with Crippen molar-refractivity contribution in [1.29, 1.82) is 0 Å². The average Bonchev–Trinajstić information content (AvgIpc) is 3.31. The Labute approximate surface area is 293 Å². The fraction of sp³-hybridized carbons (Fsp3) is 0.475. The van der Waals surface area contributed by atoms with E-state index in [0.717, 1.165) is 75.0 Å². The zero-order chi connectivity index (χ0) is 34.6. The summed E-state index contributed by atoms with van der Waals surface area (Å²) < 4.78 is 43.7. The Kier molecular flexibility index (Phi) is 13.3. The van der Waals surface area contributed by atoms with Crippen LogP contribution >= 0.6 is 0 Å². The molecule has 0 aromatic heterocycles. The van der Waals surface area contributed by atoms with Crippen LogP contribution in [0, 0.1) is 0 Å². The third-order valence-electron chi connectivity index (χ3n) is 9.36. The summed E-state index contributed by atoms with van der Waals surface area (Å²) in [7, 11) is 0.0461. The Morgan fingerprint density at radius 1 is 0.878 bits per heavy atom. The third-order valence-corrected chi connectivity index (χ3v) is 10.9. The van der Waals surface area contributed by atoms with Gasteiger partial charge in [0.25, 0.3) is 0 Å². The number of sulfone groups is 1. The third kappa shape index (κ3) is 10.4. The molecule has 0 radical (unpaired) electrons. The van der Waals surface area contributed by atoms with Gasteiger partial charge in [-0.15, -0.1) is 0 Å². The van der Waals surface area contributed by atoms with Crippen molar-refractivity contribution >= 4 is 26.9 Å². The summed E-state index contributed by atoms with van der Waals surface area (Å²) in [5.41, 5.74) is 7.32. The van der Waals surface area contributed by atoms with Gasteiger partial charge in [0.05, 0.1) is 12.4 Å². The van der Waals surface area contributed by atoms with Gasteiger partial charge in [0, 0.05) is 38.7 Å². The van der Waals surface area contributed by atoms with Crippen LogP contribution in [0.2, 0.25) is 0 Å². The Morgan fingerprint density at radius 2 is 1.67 bits per heavy atom. The molecule has 3 aromatic carbocycles. The number of rotatable bonds is 16. The average molecular weight is 689 g/mol. The number of carbonyl (C=O) groups excluding carboxylic acids is 1. The smallest absolute Gasteiger partial charge is 0.237 e.